The largest absolute Gasteiger partial charge is 0.356 e. The van der Waals surface area contributed by atoms with Crippen LogP contribution in [0, 0.1) is 13.8 Å². The van der Waals surface area contributed by atoms with Gasteiger partial charge in [0.15, 0.2) is 5.76 Å². The first-order valence-electron chi connectivity index (χ1n) is 7.50. The summed E-state index contributed by atoms with van der Waals surface area (Å²) in [7, 11) is 0. The molecule has 4 nitrogen and oxygen atoms in total. The predicted molar refractivity (Wildman–Crippen MR) is 89.0 cm³/mol. The lowest BCUT2D eigenvalue weighted by Gasteiger charge is -2.05. The number of nitrogens with zero attached hydrogens (tertiary/aromatic N) is 1. The van der Waals surface area contributed by atoms with Gasteiger partial charge in [-0.05, 0) is 37.1 Å². The van der Waals surface area contributed by atoms with E-state index >= 15 is 0 Å². The molecule has 4 heteroatoms. The maximum atomic E-state index is 12.2. The first-order chi connectivity index (χ1) is 11.1. The predicted octanol–water partition coefficient (Wildman–Crippen LogP) is 3.89. The Morgan fingerprint density at radius 3 is 2.57 bits per heavy atom. The Balaban J connectivity index is 1.65. The van der Waals surface area contributed by atoms with Crippen molar-refractivity contribution in [3.8, 4) is 11.3 Å². The Bertz CT molecular complexity index is 822. The van der Waals surface area contributed by atoms with Crippen LogP contribution >= 0.6 is 0 Å². The van der Waals surface area contributed by atoms with E-state index in [-0.39, 0.29) is 5.91 Å². The van der Waals surface area contributed by atoms with E-state index in [9.17, 15) is 4.79 Å². The number of rotatable bonds is 4. The third kappa shape index (κ3) is 3.48. The van der Waals surface area contributed by atoms with Crippen molar-refractivity contribution < 1.29 is 9.32 Å². The van der Waals surface area contributed by atoms with Crippen LogP contribution in [0.4, 0.5) is 0 Å². The van der Waals surface area contributed by atoms with Crippen molar-refractivity contribution in [1.82, 2.24) is 10.5 Å². The highest BCUT2D eigenvalue weighted by Crippen LogP contribution is 2.19. The van der Waals surface area contributed by atoms with Crippen LogP contribution in [-0.2, 0) is 6.54 Å². The van der Waals surface area contributed by atoms with Crippen LogP contribution in [0.5, 0.6) is 0 Å². The molecule has 116 valence electrons. The van der Waals surface area contributed by atoms with Crippen molar-refractivity contribution in [2.75, 3.05) is 0 Å². The Hall–Kier alpha value is -2.88. The summed E-state index contributed by atoms with van der Waals surface area (Å²) < 4.78 is 5.32. The molecule has 1 amide bonds. The maximum absolute atomic E-state index is 12.2. The van der Waals surface area contributed by atoms with Crippen molar-refractivity contribution in [1.29, 1.82) is 0 Å². The van der Waals surface area contributed by atoms with Gasteiger partial charge in [-0.15, -0.1) is 0 Å². The Labute approximate surface area is 135 Å². The van der Waals surface area contributed by atoms with Crippen LogP contribution in [0.15, 0.2) is 59.1 Å². The molecule has 0 saturated carbocycles. The maximum Gasteiger partial charge on any atom is 0.251 e. The second kappa shape index (κ2) is 6.48. The molecule has 0 radical (unpaired) electrons. The number of aryl methyl sites for hydroxylation is 2. The Morgan fingerprint density at radius 2 is 1.83 bits per heavy atom. The normalized spacial score (nSPS) is 10.5. The topological polar surface area (TPSA) is 55.1 Å². The standard InChI is InChI=1S/C19H18N2O2/c1-13-8-9-16(10-14(13)2)19(22)20-12-17-11-18(23-21-17)15-6-4-3-5-7-15/h3-11H,12H2,1-2H3,(H,20,22). The number of aromatic nitrogens is 1. The zero-order valence-corrected chi connectivity index (χ0v) is 13.2. The summed E-state index contributed by atoms with van der Waals surface area (Å²) in [5, 5.41) is 6.87. The molecule has 23 heavy (non-hydrogen) atoms. The average Bonchev–Trinajstić information content (AvgIpc) is 3.05. The Kier molecular flexibility index (Phi) is 4.24. The fourth-order valence-corrected chi connectivity index (χ4v) is 2.29. The van der Waals surface area contributed by atoms with E-state index in [1.54, 1.807) is 0 Å². The lowest BCUT2D eigenvalue weighted by molar-refractivity contribution is 0.0950. The van der Waals surface area contributed by atoms with Crippen molar-refractivity contribution in [3.63, 3.8) is 0 Å². The van der Waals surface area contributed by atoms with Gasteiger partial charge in [0.1, 0.15) is 5.69 Å². The smallest absolute Gasteiger partial charge is 0.251 e. The summed E-state index contributed by atoms with van der Waals surface area (Å²) in [6.07, 6.45) is 0. The van der Waals surface area contributed by atoms with Crippen molar-refractivity contribution in [3.05, 3.63) is 77.0 Å². The highest BCUT2D eigenvalue weighted by atomic mass is 16.5. The molecular weight excluding hydrogens is 288 g/mol. The van der Waals surface area contributed by atoms with Crippen molar-refractivity contribution >= 4 is 5.91 Å². The molecular formula is C19H18N2O2. The van der Waals surface area contributed by atoms with Crippen molar-refractivity contribution in [2.45, 2.75) is 20.4 Å². The van der Waals surface area contributed by atoms with Crippen LogP contribution < -0.4 is 5.32 Å². The number of benzene rings is 2. The van der Waals surface area contributed by atoms with Gasteiger partial charge in [0.05, 0.1) is 6.54 Å². The zero-order chi connectivity index (χ0) is 16.2. The summed E-state index contributed by atoms with van der Waals surface area (Å²) in [6, 6.07) is 17.3. The summed E-state index contributed by atoms with van der Waals surface area (Å²) in [5.74, 6) is 0.582. The molecule has 0 saturated heterocycles. The molecule has 1 N–H and O–H groups in total. The van der Waals surface area contributed by atoms with Gasteiger partial charge in [0.2, 0.25) is 0 Å². The van der Waals surface area contributed by atoms with E-state index < -0.39 is 0 Å². The minimum Gasteiger partial charge on any atom is -0.356 e. The lowest BCUT2D eigenvalue weighted by Crippen LogP contribution is -2.23. The summed E-state index contributed by atoms with van der Waals surface area (Å²) in [5.41, 5.74) is 4.59. The average molecular weight is 306 g/mol. The van der Waals surface area contributed by atoms with E-state index in [1.165, 1.54) is 5.56 Å². The van der Waals surface area contributed by atoms with Gasteiger partial charge in [-0.1, -0.05) is 41.6 Å². The highest BCUT2D eigenvalue weighted by Gasteiger charge is 2.10. The molecule has 0 unspecified atom stereocenters. The molecule has 0 aliphatic heterocycles. The van der Waals surface area contributed by atoms with Gasteiger partial charge in [0.25, 0.3) is 5.91 Å². The SMILES string of the molecule is Cc1ccc(C(=O)NCc2cc(-c3ccccc3)on2)cc1C. The van der Waals surface area contributed by atoms with Gasteiger partial charge in [-0.25, -0.2) is 0 Å². The number of hydrogen-bond acceptors (Lipinski definition) is 3. The molecule has 1 aromatic heterocycles. The molecule has 1 heterocycles. The van der Waals surface area contributed by atoms with E-state index in [0.29, 0.717) is 23.6 Å². The lowest BCUT2D eigenvalue weighted by atomic mass is 10.1. The van der Waals surface area contributed by atoms with Crippen LogP contribution in [-0.4, -0.2) is 11.1 Å². The number of hydrogen-bond donors (Lipinski definition) is 1. The molecule has 0 atom stereocenters. The van der Waals surface area contributed by atoms with E-state index in [4.69, 9.17) is 4.52 Å². The van der Waals surface area contributed by atoms with Gasteiger partial charge in [-0.2, -0.15) is 0 Å². The fraction of sp³-hybridized carbons (Fsp3) is 0.158. The third-order valence-electron chi connectivity index (χ3n) is 3.82. The zero-order valence-electron chi connectivity index (χ0n) is 13.2. The third-order valence-corrected chi connectivity index (χ3v) is 3.82. The molecule has 0 aliphatic carbocycles. The first-order valence-corrected chi connectivity index (χ1v) is 7.50. The molecule has 0 aliphatic rings. The summed E-state index contributed by atoms with van der Waals surface area (Å²) >= 11 is 0. The quantitative estimate of drug-likeness (QED) is 0.795. The minimum absolute atomic E-state index is 0.114. The molecule has 0 bridgehead atoms. The summed E-state index contributed by atoms with van der Waals surface area (Å²) in [4.78, 5) is 12.2. The second-order valence-electron chi connectivity index (χ2n) is 5.53. The van der Waals surface area contributed by atoms with Crippen LogP contribution in [0.1, 0.15) is 27.2 Å². The van der Waals surface area contributed by atoms with E-state index in [0.717, 1.165) is 11.1 Å². The monoisotopic (exact) mass is 306 g/mol. The van der Waals surface area contributed by atoms with Gasteiger partial charge in [0, 0.05) is 17.2 Å². The number of carbonyl (C=O) groups excluding carboxylic acids is 1. The molecule has 3 rings (SSSR count). The van der Waals surface area contributed by atoms with Crippen LogP contribution in [0.3, 0.4) is 0 Å². The molecule has 0 spiro atoms. The van der Waals surface area contributed by atoms with Crippen molar-refractivity contribution in [2.24, 2.45) is 0 Å². The van der Waals surface area contributed by atoms with Crippen LogP contribution in [0.2, 0.25) is 0 Å². The van der Waals surface area contributed by atoms with Gasteiger partial charge < -0.3 is 9.84 Å². The Morgan fingerprint density at radius 1 is 1.04 bits per heavy atom. The summed E-state index contributed by atoms with van der Waals surface area (Å²) in [6.45, 7) is 4.36. The fourth-order valence-electron chi connectivity index (χ4n) is 2.29. The van der Waals surface area contributed by atoms with E-state index in [1.807, 2.05) is 68.4 Å². The van der Waals surface area contributed by atoms with Gasteiger partial charge >= 0.3 is 0 Å². The molecule has 2 aromatic carbocycles. The van der Waals surface area contributed by atoms with E-state index in [2.05, 4.69) is 10.5 Å². The first kappa shape index (κ1) is 15.0. The second-order valence-corrected chi connectivity index (χ2v) is 5.53. The van der Waals surface area contributed by atoms with Gasteiger partial charge in [-0.3, -0.25) is 4.79 Å². The highest BCUT2D eigenvalue weighted by molar-refractivity contribution is 5.94. The minimum atomic E-state index is -0.114. The molecule has 0 fully saturated rings. The number of amides is 1. The van der Waals surface area contributed by atoms with Crippen LogP contribution in [0.25, 0.3) is 11.3 Å². The number of carbonyl (C=O) groups is 1. The number of nitrogens with one attached hydrogen (secondary N) is 1. The molecule has 3 aromatic rings.